The van der Waals surface area contributed by atoms with E-state index in [0.717, 1.165) is 0 Å². The van der Waals surface area contributed by atoms with Crippen LogP contribution in [0.3, 0.4) is 0 Å². The van der Waals surface area contributed by atoms with E-state index in [9.17, 15) is 13.2 Å². The minimum absolute atomic E-state index is 0.0133. The summed E-state index contributed by atoms with van der Waals surface area (Å²) < 4.78 is 29.8. The van der Waals surface area contributed by atoms with E-state index in [1.165, 1.54) is 24.3 Å². The molecular formula is C13H14O5S. The maximum Gasteiger partial charge on any atom is 0.336 e. The summed E-state index contributed by atoms with van der Waals surface area (Å²) in [5.41, 5.74) is 0.220. The van der Waals surface area contributed by atoms with E-state index in [-0.39, 0.29) is 33.6 Å². The van der Waals surface area contributed by atoms with Gasteiger partial charge in [0, 0.05) is 5.56 Å². The molecule has 0 unspecified atom stereocenters. The molecule has 0 radical (unpaired) electrons. The Bertz CT molecular complexity index is 656. The Morgan fingerprint density at radius 2 is 2.05 bits per heavy atom. The lowest BCUT2D eigenvalue weighted by Gasteiger charge is -2.08. The van der Waals surface area contributed by atoms with E-state index in [1.54, 1.807) is 13.8 Å². The molecule has 6 heteroatoms. The number of fused-ring (bicyclic) bond motifs is 1. The zero-order chi connectivity index (χ0) is 14.2. The highest BCUT2D eigenvalue weighted by atomic mass is 32.2. The van der Waals surface area contributed by atoms with Gasteiger partial charge < -0.3 is 9.84 Å². The molecule has 1 aromatic carbocycles. The van der Waals surface area contributed by atoms with Crippen molar-refractivity contribution in [2.75, 3.05) is 6.61 Å². The van der Waals surface area contributed by atoms with Crippen molar-refractivity contribution in [1.82, 2.24) is 0 Å². The van der Waals surface area contributed by atoms with Gasteiger partial charge in [0.05, 0.1) is 28.1 Å². The standard InChI is InChI=1S/C13H14O5S/c1-8(2)18-7-9-6-11-10(13(14)15)4-3-5-12(11)19(9,16)17/h3-6,8H,7H2,1-2H3,(H,14,15). The van der Waals surface area contributed by atoms with Crippen LogP contribution < -0.4 is 0 Å². The van der Waals surface area contributed by atoms with Crippen molar-refractivity contribution in [3.05, 3.63) is 34.2 Å². The number of sulfone groups is 1. The van der Waals surface area contributed by atoms with E-state index in [4.69, 9.17) is 9.84 Å². The van der Waals surface area contributed by atoms with Crippen LogP contribution in [0.5, 0.6) is 0 Å². The first-order valence-corrected chi connectivity index (χ1v) is 7.26. The van der Waals surface area contributed by atoms with Gasteiger partial charge in [0.15, 0.2) is 0 Å². The number of benzene rings is 1. The largest absolute Gasteiger partial charge is 0.478 e. The third-order valence-corrected chi connectivity index (χ3v) is 4.66. The highest BCUT2D eigenvalue weighted by molar-refractivity contribution is 7.95. The maximum absolute atomic E-state index is 12.2. The lowest BCUT2D eigenvalue weighted by molar-refractivity contribution is 0.0696. The van der Waals surface area contributed by atoms with E-state index in [0.29, 0.717) is 0 Å². The van der Waals surface area contributed by atoms with Gasteiger partial charge in [0.1, 0.15) is 0 Å². The van der Waals surface area contributed by atoms with Crippen LogP contribution in [-0.2, 0) is 14.6 Å². The van der Waals surface area contributed by atoms with E-state index >= 15 is 0 Å². The van der Waals surface area contributed by atoms with Crippen LogP contribution in [0.1, 0.15) is 29.8 Å². The van der Waals surface area contributed by atoms with E-state index < -0.39 is 15.8 Å². The van der Waals surface area contributed by atoms with Crippen molar-refractivity contribution in [3.8, 4) is 0 Å². The molecule has 0 saturated heterocycles. The van der Waals surface area contributed by atoms with Gasteiger partial charge in [-0.1, -0.05) is 6.07 Å². The molecule has 0 amide bonds. The fraction of sp³-hybridized carbons (Fsp3) is 0.308. The van der Waals surface area contributed by atoms with Gasteiger partial charge in [-0.25, -0.2) is 13.2 Å². The molecule has 1 aliphatic heterocycles. The van der Waals surface area contributed by atoms with Gasteiger partial charge in [0.2, 0.25) is 9.84 Å². The van der Waals surface area contributed by atoms with E-state index in [1.807, 2.05) is 0 Å². The third-order valence-electron chi connectivity index (χ3n) is 2.80. The summed E-state index contributed by atoms with van der Waals surface area (Å²) in [6.07, 6.45) is 1.29. The molecule has 0 fully saturated rings. The molecule has 1 heterocycles. The number of carboxylic acids is 1. The zero-order valence-electron chi connectivity index (χ0n) is 10.6. The molecule has 0 atom stereocenters. The first kappa shape index (κ1) is 13.8. The van der Waals surface area contributed by atoms with Gasteiger partial charge >= 0.3 is 5.97 Å². The van der Waals surface area contributed by atoms with Crippen LogP contribution in [0.25, 0.3) is 6.08 Å². The molecule has 0 bridgehead atoms. The van der Waals surface area contributed by atoms with Gasteiger partial charge in [-0.15, -0.1) is 0 Å². The van der Waals surface area contributed by atoms with Gasteiger partial charge in [-0.2, -0.15) is 0 Å². The van der Waals surface area contributed by atoms with Gasteiger partial charge in [-0.3, -0.25) is 0 Å². The highest BCUT2D eigenvalue weighted by Crippen LogP contribution is 2.35. The molecule has 2 rings (SSSR count). The van der Waals surface area contributed by atoms with Gasteiger partial charge in [-0.05, 0) is 32.1 Å². The Labute approximate surface area is 111 Å². The molecule has 0 aliphatic carbocycles. The number of rotatable bonds is 4. The molecular weight excluding hydrogens is 268 g/mol. The number of carboxylic acid groups (broad SMARTS) is 1. The SMILES string of the molecule is CC(C)OCC1=Cc2c(C(=O)O)cccc2S1(=O)=O. The normalized spacial score (nSPS) is 16.3. The average molecular weight is 282 g/mol. The topological polar surface area (TPSA) is 80.7 Å². The average Bonchev–Trinajstić information content (AvgIpc) is 2.58. The van der Waals surface area contributed by atoms with Crippen molar-refractivity contribution < 1.29 is 23.1 Å². The smallest absolute Gasteiger partial charge is 0.336 e. The summed E-state index contributed by atoms with van der Waals surface area (Å²) in [4.78, 5) is 11.2. The van der Waals surface area contributed by atoms with E-state index in [2.05, 4.69) is 0 Å². The second-order valence-electron chi connectivity index (χ2n) is 4.50. The quantitative estimate of drug-likeness (QED) is 0.912. The second kappa shape index (κ2) is 4.79. The second-order valence-corrected chi connectivity index (χ2v) is 6.47. The van der Waals surface area contributed by atoms with Crippen LogP contribution in [-0.4, -0.2) is 32.2 Å². The minimum atomic E-state index is -3.63. The summed E-state index contributed by atoms with van der Waals surface area (Å²) in [7, 11) is -3.63. The highest BCUT2D eigenvalue weighted by Gasteiger charge is 2.32. The summed E-state index contributed by atoms with van der Waals surface area (Å²) in [5, 5.41) is 9.07. The molecule has 1 aliphatic rings. The zero-order valence-corrected chi connectivity index (χ0v) is 11.4. The first-order chi connectivity index (χ1) is 8.84. The molecule has 19 heavy (non-hydrogen) atoms. The predicted molar refractivity (Wildman–Crippen MR) is 69.7 cm³/mol. The number of aromatic carboxylic acids is 1. The molecule has 0 spiro atoms. The fourth-order valence-corrected chi connectivity index (χ4v) is 3.36. The lowest BCUT2D eigenvalue weighted by Crippen LogP contribution is -2.11. The molecule has 102 valence electrons. The molecule has 0 saturated carbocycles. The Kier molecular flexibility index (Phi) is 3.47. The van der Waals surface area contributed by atoms with Crippen LogP contribution in [0, 0.1) is 0 Å². The third kappa shape index (κ3) is 2.41. The summed E-state index contributed by atoms with van der Waals surface area (Å²) in [6, 6.07) is 4.23. The predicted octanol–water partition coefficient (Wildman–Crippen LogP) is 1.94. The monoisotopic (exact) mass is 282 g/mol. The van der Waals surface area contributed by atoms with Crippen molar-refractivity contribution in [2.24, 2.45) is 0 Å². The Morgan fingerprint density at radius 1 is 1.37 bits per heavy atom. The summed E-state index contributed by atoms with van der Waals surface area (Å²) in [6.45, 7) is 3.56. The van der Waals surface area contributed by atoms with Crippen LogP contribution in [0.15, 0.2) is 28.0 Å². The maximum atomic E-state index is 12.2. The van der Waals surface area contributed by atoms with Crippen molar-refractivity contribution in [1.29, 1.82) is 0 Å². The lowest BCUT2D eigenvalue weighted by atomic mass is 10.1. The molecule has 5 nitrogen and oxygen atoms in total. The molecule has 0 aromatic heterocycles. The Hall–Kier alpha value is -1.66. The number of hydrogen-bond donors (Lipinski definition) is 1. The first-order valence-electron chi connectivity index (χ1n) is 5.77. The molecule has 1 aromatic rings. The summed E-state index contributed by atoms with van der Waals surface area (Å²) in [5.74, 6) is -1.14. The minimum Gasteiger partial charge on any atom is -0.478 e. The molecule has 1 N–H and O–H groups in total. The Morgan fingerprint density at radius 3 is 2.63 bits per heavy atom. The summed E-state index contributed by atoms with van der Waals surface area (Å²) >= 11 is 0. The van der Waals surface area contributed by atoms with Gasteiger partial charge in [0.25, 0.3) is 0 Å². The van der Waals surface area contributed by atoms with Crippen LogP contribution in [0.4, 0.5) is 0 Å². The van der Waals surface area contributed by atoms with Crippen LogP contribution >= 0.6 is 0 Å². The number of ether oxygens (including phenoxy) is 1. The van der Waals surface area contributed by atoms with Crippen molar-refractivity contribution >= 4 is 21.9 Å². The Balaban J connectivity index is 2.49. The number of carbonyl (C=O) groups is 1. The fourth-order valence-electron chi connectivity index (χ4n) is 1.86. The number of hydrogen-bond acceptors (Lipinski definition) is 4. The van der Waals surface area contributed by atoms with Crippen LogP contribution in [0.2, 0.25) is 0 Å². The van der Waals surface area contributed by atoms with Crippen molar-refractivity contribution in [3.63, 3.8) is 0 Å². The van der Waals surface area contributed by atoms with Crippen molar-refractivity contribution in [2.45, 2.75) is 24.8 Å².